The lowest BCUT2D eigenvalue weighted by Gasteiger charge is -2.13. The van der Waals surface area contributed by atoms with Gasteiger partial charge in [-0.25, -0.2) is 0 Å². The molecule has 0 spiro atoms. The molecule has 0 aromatic carbocycles. The Morgan fingerprint density at radius 1 is 1.67 bits per heavy atom. The van der Waals surface area contributed by atoms with Gasteiger partial charge in [-0.05, 0) is 32.4 Å². The Balaban J connectivity index is 2.66. The molecule has 0 aliphatic carbocycles. The van der Waals surface area contributed by atoms with E-state index in [9.17, 15) is 0 Å². The zero-order valence-corrected chi connectivity index (χ0v) is 7.83. The molecule has 0 amide bonds. The maximum absolute atomic E-state index is 5.51. The number of hydrogen-bond donors (Lipinski definition) is 1. The Bertz CT molecular complexity index is 229. The number of hydrogen-bond acceptors (Lipinski definition) is 2. The molecule has 68 valence electrons. The topological polar surface area (TPSA) is 43.8 Å². The van der Waals surface area contributed by atoms with E-state index in [0.717, 1.165) is 25.1 Å². The largest absolute Gasteiger partial charge is 0.330 e. The summed E-state index contributed by atoms with van der Waals surface area (Å²) in [5, 5.41) is 4.36. The van der Waals surface area contributed by atoms with Crippen LogP contribution in [0.1, 0.15) is 31.5 Å². The van der Waals surface area contributed by atoms with E-state index < -0.39 is 0 Å². The van der Waals surface area contributed by atoms with Crippen molar-refractivity contribution in [2.75, 3.05) is 6.54 Å². The summed E-state index contributed by atoms with van der Waals surface area (Å²) in [6.07, 6.45) is 4.13. The number of aromatic nitrogens is 2. The first-order valence-electron chi connectivity index (χ1n) is 4.49. The molecular weight excluding hydrogens is 150 g/mol. The summed E-state index contributed by atoms with van der Waals surface area (Å²) in [7, 11) is 0. The highest BCUT2D eigenvalue weighted by Gasteiger charge is 2.07. The van der Waals surface area contributed by atoms with Crippen LogP contribution in [0.3, 0.4) is 0 Å². The van der Waals surface area contributed by atoms with Crippen LogP contribution in [-0.2, 0) is 0 Å². The van der Waals surface area contributed by atoms with Gasteiger partial charge in [0, 0.05) is 6.20 Å². The van der Waals surface area contributed by atoms with Gasteiger partial charge < -0.3 is 5.73 Å². The molecule has 2 N–H and O–H groups in total. The third-order valence-electron chi connectivity index (χ3n) is 2.09. The third kappa shape index (κ3) is 2.08. The van der Waals surface area contributed by atoms with E-state index in [1.165, 1.54) is 0 Å². The van der Waals surface area contributed by atoms with Gasteiger partial charge in [-0.1, -0.05) is 6.92 Å². The van der Waals surface area contributed by atoms with Crippen LogP contribution in [-0.4, -0.2) is 16.3 Å². The van der Waals surface area contributed by atoms with Gasteiger partial charge in [0.15, 0.2) is 0 Å². The molecule has 3 heteroatoms. The molecule has 0 saturated carbocycles. The minimum absolute atomic E-state index is 0.476. The molecule has 0 saturated heterocycles. The summed E-state index contributed by atoms with van der Waals surface area (Å²) in [5.74, 6) is 0. The van der Waals surface area contributed by atoms with Gasteiger partial charge in [0.05, 0.1) is 11.7 Å². The summed E-state index contributed by atoms with van der Waals surface area (Å²) in [6.45, 7) is 4.90. The van der Waals surface area contributed by atoms with E-state index in [0.29, 0.717) is 6.04 Å². The highest BCUT2D eigenvalue weighted by molar-refractivity contribution is 4.95. The number of aryl methyl sites for hydroxylation is 1. The summed E-state index contributed by atoms with van der Waals surface area (Å²) >= 11 is 0. The summed E-state index contributed by atoms with van der Waals surface area (Å²) in [4.78, 5) is 0. The van der Waals surface area contributed by atoms with Crippen LogP contribution < -0.4 is 5.73 Å². The van der Waals surface area contributed by atoms with Crippen LogP contribution >= 0.6 is 0 Å². The van der Waals surface area contributed by atoms with Gasteiger partial charge in [0.2, 0.25) is 0 Å². The van der Waals surface area contributed by atoms with Crippen molar-refractivity contribution in [3.05, 3.63) is 18.0 Å². The molecule has 1 atom stereocenters. The zero-order valence-electron chi connectivity index (χ0n) is 7.83. The Hall–Kier alpha value is -0.830. The van der Waals surface area contributed by atoms with E-state index in [2.05, 4.69) is 12.0 Å². The fraction of sp³-hybridized carbons (Fsp3) is 0.667. The van der Waals surface area contributed by atoms with Gasteiger partial charge in [0.1, 0.15) is 0 Å². The molecular formula is C9H17N3. The molecule has 0 bridgehead atoms. The third-order valence-corrected chi connectivity index (χ3v) is 2.09. The first-order valence-corrected chi connectivity index (χ1v) is 4.49. The molecule has 3 nitrogen and oxygen atoms in total. The van der Waals surface area contributed by atoms with Crippen molar-refractivity contribution in [1.82, 2.24) is 9.78 Å². The van der Waals surface area contributed by atoms with E-state index in [1.54, 1.807) is 0 Å². The first-order chi connectivity index (χ1) is 5.77. The van der Waals surface area contributed by atoms with Crippen molar-refractivity contribution in [2.45, 2.75) is 32.7 Å². The van der Waals surface area contributed by atoms with E-state index in [-0.39, 0.29) is 0 Å². The van der Waals surface area contributed by atoms with Crippen LogP contribution in [0.15, 0.2) is 12.3 Å². The number of nitrogens with zero attached hydrogens (tertiary/aromatic N) is 2. The van der Waals surface area contributed by atoms with Crippen LogP contribution in [0.2, 0.25) is 0 Å². The Morgan fingerprint density at radius 3 is 2.83 bits per heavy atom. The Kier molecular flexibility index (Phi) is 3.29. The summed E-state index contributed by atoms with van der Waals surface area (Å²) in [5.41, 5.74) is 6.58. The first kappa shape index (κ1) is 9.26. The highest BCUT2D eigenvalue weighted by atomic mass is 15.3. The van der Waals surface area contributed by atoms with Crippen LogP contribution in [0.4, 0.5) is 0 Å². The molecule has 1 heterocycles. The average Bonchev–Trinajstić information content (AvgIpc) is 2.47. The maximum Gasteiger partial charge on any atom is 0.0593 e. The molecule has 12 heavy (non-hydrogen) atoms. The van der Waals surface area contributed by atoms with E-state index in [1.807, 2.05) is 23.9 Å². The summed E-state index contributed by atoms with van der Waals surface area (Å²) < 4.78 is 2.02. The van der Waals surface area contributed by atoms with Crippen molar-refractivity contribution in [3.8, 4) is 0 Å². The summed E-state index contributed by atoms with van der Waals surface area (Å²) in [6, 6.07) is 2.50. The second kappa shape index (κ2) is 4.26. The van der Waals surface area contributed by atoms with Gasteiger partial charge in [-0.15, -0.1) is 0 Å². The van der Waals surface area contributed by atoms with Crippen LogP contribution in [0.25, 0.3) is 0 Å². The molecule has 1 rings (SSSR count). The smallest absolute Gasteiger partial charge is 0.0593 e. The van der Waals surface area contributed by atoms with E-state index >= 15 is 0 Å². The van der Waals surface area contributed by atoms with Gasteiger partial charge >= 0.3 is 0 Å². The van der Waals surface area contributed by atoms with Crippen molar-refractivity contribution < 1.29 is 0 Å². The van der Waals surface area contributed by atoms with Crippen molar-refractivity contribution in [3.63, 3.8) is 0 Å². The fourth-order valence-electron chi connectivity index (χ4n) is 1.35. The monoisotopic (exact) mass is 167 g/mol. The predicted octanol–water partition coefficient (Wildman–Crippen LogP) is 1.49. The standard InChI is InChI=1S/C9H17N3/c1-3-9(4-6-10)12-7-5-8(2)11-12/h5,7,9H,3-4,6,10H2,1-2H3. The second-order valence-electron chi connectivity index (χ2n) is 3.08. The van der Waals surface area contributed by atoms with Crippen LogP contribution in [0.5, 0.6) is 0 Å². The minimum Gasteiger partial charge on any atom is -0.330 e. The molecule has 0 radical (unpaired) electrons. The molecule has 0 aliphatic rings. The average molecular weight is 167 g/mol. The van der Waals surface area contributed by atoms with Gasteiger partial charge in [-0.2, -0.15) is 5.10 Å². The highest BCUT2D eigenvalue weighted by Crippen LogP contribution is 2.13. The van der Waals surface area contributed by atoms with Crippen molar-refractivity contribution in [2.24, 2.45) is 5.73 Å². The lowest BCUT2D eigenvalue weighted by molar-refractivity contribution is 0.416. The van der Waals surface area contributed by atoms with Crippen molar-refractivity contribution in [1.29, 1.82) is 0 Å². The molecule has 0 fully saturated rings. The lowest BCUT2D eigenvalue weighted by Crippen LogP contribution is -2.13. The number of rotatable bonds is 4. The molecule has 1 aromatic rings. The maximum atomic E-state index is 5.51. The molecule has 0 aliphatic heterocycles. The number of nitrogens with two attached hydrogens (primary N) is 1. The normalized spacial score (nSPS) is 13.2. The zero-order chi connectivity index (χ0) is 8.97. The van der Waals surface area contributed by atoms with E-state index in [4.69, 9.17) is 5.73 Å². The van der Waals surface area contributed by atoms with Gasteiger partial charge in [-0.3, -0.25) is 4.68 Å². The molecule has 1 aromatic heterocycles. The van der Waals surface area contributed by atoms with Crippen molar-refractivity contribution >= 4 is 0 Å². The predicted molar refractivity (Wildman–Crippen MR) is 50.0 cm³/mol. The lowest BCUT2D eigenvalue weighted by atomic mass is 10.1. The quantitative estimate of drug-likeness (QED) is 0.738. The Morgan fingerprint density at radius 2 is 2.42 bits per heavy atom. The van der Waals surface area contributed by atoms with Gasteiger partial charge in [0.25, 0.3) is 0 Å². The van der Waals surface area contributed by atoms with Crippen LogP contribution in [0, 0.1) is 6.92 Å². The second-order valence-corrected chi connectivity index (χ2v) is 3.08. The Labute approximate surface area is 73.6 Å². The SMILES string of the molecule is CCC(CCN)n1ccc(C)n1. The fourth-order valence-corrected chi connectivity index (χ4v) is 1.35. The molecule has 1 unspecified atom stereocenters. The minimum atomic E-state index is 0.476.